The van der Waals surface area contributed by atoms with Gasteiger partial charge >= 0.3 is 0 Å². The van der Waals surface area contributed by atoms with Crippen molar-refractivity contribution in [2.24, 2.45) is 11.8 Å². The number of nitrogens with zero attached hydrogens (tertiary/aromatic N) is 1. The van der Waals surface area contributed by atoms with E-state index in [4.69, 9.17) is 5.41 Å². The molecule has 1 aliphatic carbocycles. The fraction of sp³-hybridized carbons (Fsp3) is 0.909. The maximum atomic E-state index is 7.95. The summed E-state index contributed by atoms with van der Waals surface area (Å²) in [6.45, 7) is 8.60. The third-order valence-electron chi connectivity index (χ3n) is 2.56. The van der Waals surface area contributed by atoms with E-state index in [-0.39, 0.29) is 0 Å². The lowest BCUT2D eigenvalue weighted by Crippen LogP contribution is -2.35. The molecule has 0 bridgehead atoms. The van der Waals surface area contributed by atoms with Crippen LogP contribution in [0.1, 0.15) is 40.0 Å². The molecule has 0 aromatic heterocycles. The highest BCUT2D eigenvalue weighted by atomic mass is 15.2. The van der Waals surface area contributed by atoms with Crippen LogP contribution in [-0.4, -0.2) is 23.8 Å². The molecule has 2 heteroatoms. The third kappa shape index (κ3) is 3.37. The lowest BCUT2D eigenvalue weighted by atomic mass is 10.1. The summed E-state index contributed by atoms with van der Waals surface area (Å²) in [6.07, 6.45) is 3.92. The van der Waals surface area contributed by atoms with E-state index in [1.54, 1.807) is 0 Å². The Morgan fingerprint density at radius 1 is 1.46 bits per heavy atom. The molecule has 0 aromatic rings. The number of amidine groups is 1. The standard InChI is InChI=1S/C11H22N2/c1-4-7-13(8-10-5-6-10)11(12)9(2)3/h9-10,12H,4-8H2,1-3H3. The highest BCUT2D eigenvalue weighted by molar-refractivity contribution is 5.81. The van der Waals surface area contributed by atoms with Crippen LogP contribution in [0.15, 0.2) is 0 Å². The number of hydrogen-bond donors (Lipinski definition) is 1. The summed E-state index contributed by atoms with van der Waals surface area (Å²) in [5.41, 5.74) is 0. The minimum atomic E-state index is 0.380. The molecule has 0 amide bonds. The summed E-state index contributed by atoms with van der Waals surface area (Å²) in [7, 11) is 0. The van der Waals surface area contributed by atoms with Crippen LogP contribution in [0.4, 0.5) is 0 Å². The molecule has 1 N–H and O–H groups in total. The van der Waals surface area contributed by atoms with Gasteiger partial charge in [-0.3, -0.25) is 5.41 Å². The van der Waals surface area contributed by atoms with E-state index in [1.807, 2.05) is 0 Å². The zero-order valence-corrected chi connectivity index (χ0v) is 9.14. The highest BCUT2D eigenvalue weighted by Gasteiger charge is 2.25. The molecule has 0 atom stereocenters. The molecular weight excluding hydrogens is 160 g/mol. The van der Waals surface area contributed by atoms with Gasteiger partial charge in [-0.25, -0.2) is 0 Å². The molecule has 0 radical (unpaired) electrons. The van der Waals surface area contributed by atoms with Crippen molar-refractivity contribution < 1.29 is 0 Å². The van der Waals surface area contributed by atoms with Crippen molar-refractivity contribution in [3.05, 3.63) is 0 Å². The van der Waals surface area contributed by atoms with Gasteiger partial charge in [-0.15, -0.1) is 0 Å². The van der Waals surface area contributed by atoms with Gasteiger partial charge in [0.05, 0.1) is 5.84 Å². The Morgan fingerprint density at radius 2 is 2.08 bits per heavy atom. The summed E-state index contributed by atoms with van der Waals surface area (Å²) in [6, 6.07) is 0. The average molecular weight is 182 g/mol. The van der Waals surface area contributed by atoms with Gasteiger partial charge in [0.25, 0.3) is 0 Å². The first-order valence-corrected chi connectivity index (χ1v) is 5.48. The summed E-state index contributed by atoms with van der Waals surface area (Å²) in [4.78, 5) is 2.27. The molecule has 1 rings (SSSR count). The first-order chi connectivity index (χ1) is 6.15. The van der Waals surface area contributed by atoms with Crippen molar-refractivity contribution in [1.82, 2.24) is 4.90 Å². The van der Waals surface area contributed by atoms with Gasteiger partial charge in [0.1, 0.15) is 0 Å². The van der Waals surface area contributed by atoms with E-state index < -0.39 is 0 Å². The van der Waals surface area contributed by atoms with Crippen LogP contribution in [0.3, 0.4) is 0 Å². The zero-order chi connectivity index (χ0) is 9.84. The Kier molecular flexibility index (Phi) is 3.76. The first kappa shape index (κ1) is 10.6. The maximum absolute atomic E-state index is 7.95. The van der Waals surface area contributed by atoms with Crippen molar-refractivity contribution in [2.45, 2.75) is 40.0 Å². The highest BCUT2D eigenvalue weighted by Crippen LogP contribution is 2.30. The molecule has 0 aromatic carbocycles. The SMILES string of the molecule is CCCN(CC1CC1)C(=N)C(C)C. The summed E-state index contributed by atoms with van der Waals surface area (Å²) < 4.78 is 0. The Hall–Kier alpha value is -0.530. The van der Waals surface area contributed by atoms with E-state index >= 15 is 0 Å². The second-order valence-electron chi connectivity index (χ2n) is 4.43. The molecule has 1 saturated carbocycles. The van der Waals surface area contributed by atoms with Crippen LogP contribution in [0.25, 0.3) is 0 Å². The van der Waals surface area contributed by atoms with Gasteiger partial charge in [0.2, 0.25) is 0 Å². The Bertz CT molecular complexity index is 171. The van der Waals surface area contributed by atoms with E-state index in [9.17, 15) is 0 Å². The van der Waals surface area contributed by atoms with Gasteiger partial charge in [0.15, 0.2) is 0 Å². The number of nitrogens with one attached hydrogen (secondary N) is 1. The van der Waals surface area contributed by atoms with Gasteiger partial charge in [-0.1, -0.05) is 20.8 Å². The summed E-state index contributed by atoms with van der Waals surface area (Å²) in [5.74, 6) is 2.10. The van der Waals surface area contributed by atoms with Crippen LogP contribution in [0.2, 0.25) is 0 Å². The van der Waals surface area contributed by atoms with E-state index in [0.29, 0.717) is 5.92 Å². The number of hydrogen-bond acceptors (Lipinski definition) is 1. The van der Waals surface area contributed by atoms with Crippen LogP contribution >= 0.6 is 0 Å². The van der Waals surface area contributed by atoms with Crippen LogP contribution in [0.5, 0.6) is 0 Å². The van der Waals surface area contributed by atoms with E-state index in [2.05, 4.69) is 25.7 Å². The summed E-state index contributed by atoms with van der Waals surface area (Å²) in [5, 5.41) is 7.95. The second kappa shape index (κ2) is 4.64. The van der Waals surface area contributed by atoms with Gasteiger partial charge < -0.3 is 4.90 Å². The molecule has 13 heavy (non-hydrogen) atoms. The lowest BCUT2D eigenvalue weighted by Gasteiger charge is -2.26. The van der Waals surface area contributed by atoms with Gasteiger partial charge in [-0.05, 0) is 25.2 Å². The van der Waals surface area contributed by atoms with Crippen LogP contribution < -0.4 is 0 Å². The predicted molar refractivity (Wildman–Crippen MR) is 57.2 cm³/mol. The monoisotopic (exact) mass is 182 g/mol. The van der Waals surface area contributed by atoms with Crippen LogP contribution in [0, 0.1) is 17.2 Å². The van der Waals surface area contributed by atoms with Crippen molar-refractivity contribution in [3.8, 4) is 0 Å². The lowest BCUT2D eigenvalue weighted by molar-refractivity contribution is 0.379. The summed E-state index contributed by atoms with van der Waals surface area (Å²) >= 11 is 0. The van der Waals surface area contributed by atoms with Crippen molar-refractivity contribution in [3.63, 3.8) is 0 Å². The molecular formula is C11H22N2. The fourth-order valence-corrected chi connectivity index (χ4v) is 1.56. The minimum absolute atomic E-state index is 0.380. The molecule has 0 saturated heterocycles. The minimum Gasteiger partial charge on any atom is -0.360 e. The number of rotatable bonds is 5. The molecule has 76 valence electrons. The predicted octanol–water partition coefficient (Wildman–Crippen LogP) is 2.74. The van der Waals surface area contributed by atoms with E-state index in [0.717, 1.165) is 31.3 Å². The molecule has 0 unspecified atom stereocenters. The average Bonchev–Trinajstić information content (AvgIpc) is 2.86. The molecule has 0 heterocycles. The maximum Gasteiger partial charge on any atom is 0.0983 e. The molecule has 1 fully saturated rings. The van der Waals surface area contributed by atoms with Crippen molar-refractivity contribution in [1.29, 1.82) is 5.41 Å². The fourth-order valence-electron chi connectivity index (χ4n) is 1.56. The topological polar surface area (TPSA) is 27.1 Å². The molecule has 0 aliphatic heterocycles. The second-order valence-corrected chi connectivity index (χ2v) is 4.43. The van der Waals surface area contributed by atoms with Crippen LogP contribution in [-0.2, 0) is 0 Å². The van der Waals surface area contributed by atoms with Crippen molar-refractivity contribution >= 4 is 5.84 Å². The quantitative estimate of drug-likeness (QED) is 0.513. The molecule has 1 aliphatic rings. The van der Waals surface area contributed by atoms with Crippen molar-refractivity contribution in [2.75, 3.05) is 13.1 Å². The smallest absolute Gasteiger partial charge is 0.0983 e. The Morgan fingerprint density at radius 3 is 2.46 bits per heavy atom. The Labute approximate surface area is 81.8 Å². The van der Waals surface area contributed by atoms with E-state index in [1.165, 1.54) is 12.8 Å². The van der Waals surface area contributed by atoms with Gasteiger partial charge in [-0.2, -0.15) is 0 Å². The zero-order valence-electron chi connectivity index (χ0n) is 9.14. The Balaban J connectivity index is 2.39. The van der Waals surface area contributed by atoms with Gasteiger partial charge in [0, 0.05) is 19.0 Å². The largest absolute Gasteiger partial charge is 0.360 e. The third-order valence-corrected chi connectivity index (χ3v) is 2.56. The molecule has 0 spiro atoms. The first-order valence-electron chi connectivity index (χ1n) is 5.48. The normalized spacial score (nSPS) is 16.3. The molecule has 2 nitrogen and oxygen atoms in total.